The third-order valence-electron chi connectivity index (χ3n) is 4.82. The predicted octanol–water partition coefficient (Wildman–Crippen LogP) is 7.47. The highest BCUT2D eigenvalue weighted by Gasteiger charge is 2.16. The van der Waals surface area contributed by atoms with Crippen molar-refractivity contribution in [2.45, 2.75) is 4.34 Å². The maximum Gasteiger partial charge on any atom is 0.269 e. The Morgan fingerprint density at radius 3 is 2.44 bits per heavy atom. The molecule has 9 nitrogen and oxygen atoms in total. The number of para-hydroxylation sites is 1. The van der Waals surface area contributed by atoms with E-state index in [0.29, 0.717) is 21.5 Å². The van der Waals surface area contributed by atoms with Crippen molar-refractivity contribution in [3.05, 3.63) is 89.0 Å². The fourth-order valence-corrected chi connectivity index (χ4v) is 5.85. The van der Waals surface area contributed by atoms with Gasteiger partial charge in [0.1, 0.15) is 5.69 Å². The second-order valence-corrected chi connectivity index (χ2v) is 10.5. The minimum Gasteiger partial charge on any atom is -0.301 e. The molecule has 0 atom stereocenters. The van der Waals surface area contributed by atoms with E-state index in [1.54, 1.807) is 11.3 Å². The van der Waals surface area contributed by atoms with Gasteiger partial charge < -0.3 is 5.32 Å². The van der Waals surface area contributed by atoms with Gasteiger partial charge in [-0.3, -0.25) is 14.9 Å². The lowest BCUT2D eigenvalue weighted by Crippen LogP contribution is -2.13. The first kappa shape index (κ1) is 23.7. The number of nitro benzene ring substituents is 1. The van der Waals surface area contributed by atoms with Crippen LogP contribution in [0.4, 0.5) is 21.5 Å². The van der Waals surface area contributed by atoms with Crippen LogP contribution in [0.3, 0.4) is 0 Å². The Labute approximate surface area is 217 Å². The number of nitro groups is 1. The number of anilines is 1. The van der Waals surface area contributed by atoms with Crippen molar-refractivity contribution >= 4 is 72.1 Å². The van der Waals surface area contributed by atoms with E-state index in [4.69, 9.17) is 0 Å². The van der Waals surface area contributed by atoms with Gasteiger partial charge in [-0.15, -0.1) is 21.6 Å². The van der Waals surface area contributed by atoms with Crippen molar-refractivity contribution < 1.29 is 9.72 Å². The van der Waals surface area contributed by atoms with Crippen LogP contribution in [0.1, 0.15) is 0 Å². The number of fused-ring (bicyclic) bond motifs is 1. The van der Waals surface area contributed by atoms with Crippen LogP contribution in [0.2, 0.25) is 0 Å². The molecule has 3 aromatic carbocycles. The third-order valence-corrected chi connectivity index (χ3v) is 7.86. The van der Waals surface area contributed by atoms with Gasteiger partial charge in [0.2, 0.25) is 5.91 Å². The molecule has 0 fully saturated rings. The minimum atomic E-state index is -0.471. The molecule has 2 heterocycles. The second kappa shape index (κ2) is 10.7. The third kappa shape index (κ3) is 5.62. The van der Waals surface area contributed by atoms with E-state index < -0.39 is 4.92 Å². The number of hydrogen-bond acceptors (Lipinski definition) is 10. The minimum absolute atomic E-state index is 0.0227. The Bertz CT molecular complexity index is 1530. The van der Waals surface area contributed by atoms with Crippen molar-refractivity contribution in [1.82, 2.24) is 9.97 Å². The predicted molar refractivity (Wildman–Crippen MR) is 144 cm³/mol. The molecule has 5 aromatic rings. The molecule has 0 bridgehead atoms. The first-order chi connectivity index (χ1) is 17.5. The average molecular weight is 533 g/mol. The highest BCUT2D eigenvalue weighted by molar-refractivity contribution is 8.01. The number of benzene rings is 3. The van der Waals surface area contributed by atoms with Crippen molar-refractivity contribution in [3.63, 3.8) is 0 Å². The number of nitrogens with one attached hydrogen (secondary N) is 1. The zero-order valence-corrected chi connectivity index (χ0v) is 20.8. The summed E-state index contributed by atoms with van der Waals surface area (Å²) in [6, 6.07) is 23.1. The molecule has 5 rings (SSSR count). The second-order valence-electron chi connectivity index (χ2n) is 7.30. The molecule has 2 aromatic heterocycles. The van der Waals surface area contributed by atoms with E-state index in [-0.39, 0.29) is 17.3 Å². The molecule has 0 unspecified atom stereocenters. The van der Waals surface area contributed by atoms with Crippen molar-refractivity contribution in [1.29, 1.82) is 0 Å². The highest BCUT2D eigenvalue weighted by atomic mass is 32.2. The topological polar surface area (TPSA) is 123 Å². The van der Waals surface area contributed by atoms with Gasteiger partial charge in [0, 0.05) is 17.7 Å². The smallest absolute Gasteiger partial charge is 0.269 e. The first-order valence-corrected chi connectivity index (χ1v) is 13.2. The van der Waals surface area contributed by atoms with Gasteiger partial charge in [0.25, 0.3) is 5.69 Å². The summed E-state index contributed by atoms with van der Waals surface area (Å²) in [6.45, 7) is 0. The summed E-state index contributed by atoms with van der Waals surface area (Å²) in [5.74, 6) is -0.00817. The molecule has 1 N–H and O–H groups in total. The molecule has 0 aliphatic carbocycles. The van der Waals surface area contributed by atoms with Crippen LogP contribution in [-0.4, -0.2) is 26.6 Å². The molecule has 1 amide bonds. The standard InChI is InChI=1S/C24H16N6O3S3/c31-20(14-34-24-25-18-8-4-5-9-19(18)35-24)26-23-27-21(15-6-2-1-3-7-15)22(36-23)29-28-16-10-12-17(13-11-16)30(32)33/h1-13H,14H2,(H,26,27,31). The van der Waals surface area contributed by atoms with Crippen LogP contribution in [0.15, 0.2) is 93.4 Å². The molecular formula is C24H16N6O3S3. The number of nitrogens with zero attached hydrogens (tertiary/aromatic N) is 5. The molecule has 0 spiro atoms. The number of carbonyl (C=O) groups excluding carboxylic acids is 1. The van der Waals surface area contributed by atoms with Gasteiger partial charge in [-0.1, -0.05) is 65.6 Å². The van der Waals surface area contributed by atoms with Crippen molar-refractivity contribution in [2.75, 3.05) is 11.1 Å². The molecular weight excluding hydrogens is 517 g/mol. The maximum atomic E-state index is 12.6. The highest BCUT2D eigenvalue weighted by Crippen LogP contribution is 2.39. The summed E-state index contributed by atoms with van der Waals surface area (Å²) in [5, 5.41) is 23.1. The molecule has 0 radical (unpaired) electrons. The van der Waals surface area contributed by atoms with Gasteiger partial charge in [0.15, 0.2) is 14.5 Å². The first-order valence-electron chi connectivity index (χ1n) is 10.6. The summed E-state index contributed by atoms with van der Waals surface area (Å²) in [5.41, 5.74) is 2.77. The number of thiazole rings is 2. The van der Waals surface area contributed by atoms with E-state index in [2.05, 4.69) is 25.5 Å². The Hall–Kier alpha value is -4.00. The van der Waals surface area contributed by atoms with Crippen LogP contribution in [0.5, 0.6) is 0 Å². The van der Waals surface area contributed by atoms with E-state index >= 15 is 0 Å². The lowest BCUT2D eigenvalue weighted by molar-refractivity contribution is -0.384. The van der Waals surface area contributed by atoms with Crippen LogP contribution < -0.4 is 5.32 Å². The monoisotopic (exact) mass is 532 g/mol. The van der Waals surface area contributed by atoms with Crippen molar-refractivity contribution in [3.8, 4) is 11.3 Å². The zero-order chi connectivity index (χ0) is 24.9. The molecule has 0 aliphatic rings. The molecule has 0 saturated carbocycles. The number of rotatable bonds is 8. The quantitative estimate of drug-likeness (QED) is 0.0956. The number of non-ortho nitro benzene ring substituents is 1. The maximum absolute atomic E-state index is 12.6. The zero-order valence-electron chi connectivity index (χ0n) is 18.4. The molecule has 0 aliphatic heterocycles. The number of carbonyl (C=O) groups is 1. The van der Waals surface area contributed by atoms with E-state index in [1.165, 1.54) is 47.4 Å². The average Bonchev–Trinajstić information content (AvgIpc) is 3.50. The number of amides is 1. The summed E-state index contributed by atoms with van der Waals surface area (Å²) >= 11 is 4.13. The summed E-state index contributed by atoms with van der Waals surface area (Å²) in [7, 11) is 0. The molecule has 0 saturated heterocycles. The lowest BCUT2D eigenvalue weighted by Gasteiger charge is -1.99. The fourth-order valence-electron chi connectivity index (χ4n) is 3.16. The van der Waals surface area contributed by atoms with Crippen LogP contribution >= 0.6 is 34.4 Å². The number of aromatic nitrogens is 2. The van der Waals surface area contributed by atoms with Crippen LogP contribution in [0, 0.1) is 10.1 Å². The van der Waals surface area contributed by atoms with E-state index in [1.807, 2.05) is 54.6 Å². The van der Waals surface area contributed by atoms with Gasteiger partial charge in [-0.2, -0.15) is 0 Å². The van der Waals surface area contributed by atoms with E-state index in [9.17, 15) is 14.9 Å². The molecule has 36 heavy (non-hydrogen) atoms. The van der Waals surface area contributed by atoms with Crippen LogP contribution in [0.25, 0.3) is 21.5 Å². The Balaban J connectivity index is 1.32. The fraction of sp³-hybridized carbons (Fsp3) is 0.0417. The Morgan fingerprint density at radius 1 is 0.944 bits per heavy atom. The van der Waals surface area contributed by atoms with Gasteiger partial charge in [-0.05, 0) is 24.3 Å². The van der Waals surface area contributed by atoms with Gasteiger partial charge >= 0.3 is 0 Å². The molecule has 178 valence electrons. The number of hydrogen-bond donors (Lipinski definition) is 1. The summed E-state index contributed by atoms with van der Waals surface area (Å²) in [6.07, 6.45) is 0. The van der Waals surface area contributed by atoms with Crippen molar-refractivity contribution in [2.24, 2.45) is 10.2 Å². The molecule has 12 heteroatoms. The summed E-state index contributed by atoms with van der Waals surface area (Å²) < 4.78 is 1.91. The Kier molecular flexibility index (Phi) is 7.07. The van der Waals surface area contributed by atoms with E-state index in [0.717, 1.165) is 20.1 Å². The lowest BCUT2D eigenvalue weighted by atomic mass is 10.2. The van der Waals surface area contributed by atoms with Gasteiger partial charge in [-0.25, -0.2) is 9.97 Å². The largest absolute Gasteiger partial charge is 0.301 e. The van der Waals surface area contributed by atoms with Crippen LogP contribution in [-0.2, 0) is 4.79 Å². The Morgan fingerprint density at radius 2 is 1.69 bits per heavy atom. The normalized spacial score (nSPS) is 11.2. The van der Waals surface area contributed by atoms with Gasteiger partial charge in [0.05, 0.1) is 26.6 Å². The number of thioether (sulfide) groups is 1. The summed E-state index contributed by atoms with van der Waals surface area (Å²) in [4.78, 5) is 32.1. The number of azo groups is 1. The SMILES string of the molecule is O=C(CSc1nc2ccccc2s1)Nc1nc(-c2ccccc2)c(N=Nc2ccc([N+](=O)[O-])cc2)s1.